The number of hydrogen-bond donors (Lipinski definition) is 3. The predicted molar refractivity (Wildman–Crippen MR) is 120 cm³/mol. The summed E-state index contributed by atoms with van der Waals surface area (Å²) in [7, 11) is -4.19. The average Bonchev–Trinajstić information content (AvgIpc) is 2.71. The van der Waals surface area contributed by atoms with Crippen LogP contribution >= 0.6 is 11.6 Å². The maximum atomic E-state index is 13.3. The van der Waals surface area contributed by atoms with Gasteiger partial charge in [0.05, 0.1) is 4.90 Å². The number of benzene rings is 2. The van der Waals surface area contributed by atoms with Crippen LogP contribution in [-0.2, 0) is 26.1 Å². The quantitative estimate of drug-likeness (QED) is 0.406. The molecule has 0 spiro atoms. The van der Waals surface area contributed by atoms with Gasteiger partial charge in [-0.2, -0.15) is 4.31 Å². The Morgan fingerprint density at radius 3 is 2.25 bits per heavy atom. The molecule has 0 aromatic heterocycles. The van der Waals surface area contributed by atoms with Gasteiger partial charge in [0.2, 0.25) is 10.0 Å². The third-order valence-electron chi connectivity index (χ3n) is 4.31. The normalized spacial score (nSPS) is 12.8. The number of ether oxygens (including phenoxy) is 1. The lowest BCUT2D eigenvalue weighted by Gasteiger charge is -2.27. The Balaban J connectivity index is 2.33. The number of nitrogens with one attached hydrogen (secondary N) is 2. The number of halogens is 1. The monoisotopic (exact) mass is 483 g/mol. The Hall–Kier alpha value is -2.66. The zero-order chi connectivity index (χ0) is 24.1. The van der Waals surface area contributed by atoms with Crippen LogP contribution in [0.3, 0.4) is 0 Å². The minimum atomic E-state index is -4.19. The van der Waals surface area contributed by atoms with E-state index in [9.17, 15) is 18.0 Å². The summed E-state index contributed by atoms with van der Waals surface area (Å²) in [5, 5.41) is 11.9. The highest BCUT2D eigenvalue weighted by molar-refractivity contribution is 7.89. The number of hydrogen-bond acceptors (Lipinski definition) is 6. The van der Waals surface area contributed by atoms with E-state index in [0.29, 0.717) is 16.3 Å². The average molecular weight is 484 g/mol. The number of carbonyl (C=O) groups excluding carboxylic acids is 2. The summed E-state index contributed by atoms with van der Waals surface area (Å²) < 4.78 is 32.8. The molecule has 9 nitrogen and oxygen atoms in total. The fraction of sp³-hybridized carbons (Fsp3) is 0.333. The van der Waals surface area contributed by atoms with Gasteiger partial charge in [-0.25, -0.2) is 18.7 Å². The molecule has 2 aromatic rings. The number of nitrogens with zero attached hydrogens (tertiary/aromatic N) is 1. The van der Waals surface area contributed by atoms with Crippen molar-refractivity contribution in [3.05, 3.63) is 59.1 Å². The van der Waals surface area contributed by atoms with Gasteiger partial charge in [0, 0.05) is 17.3 Å². The van der Waals surface area contributed by atoms with Gasteiger partial charge in [0.1, 0.15) is 11.6 Å². The molecule has 3 N–H and O–H groups in total. The van der Waals surface area contributed by atoms with Crippen LogP contribution in [-0.4, -0.2) is 41.6 Å². The van der Waals surface area contributed by atoms with Crippen molar-refractivity contribution in [1.82, 2.24) is 9.79 Å². The fourth-order valence-corrected chi connectivity index (χ4v) is 4.48. The lowest BCUT2D eigenvalue weighted by Crippen LogP contribution is -2.46. The summed E-state index contributed by atoms with van der Waals surface area (Å²) in [4.78, 5) is 23.8. The fourth-order valence-electron chi connectivity index (χ4n) is 2.72. The van der Waals surface area contributed by atoms with E-state index in [1.54, 1.807) is 45.0 Å². The summed E-state index contributed by atoms with van der Waals surface area (Å²) in [5.41, 5.74) is 1.61. The molecule has 0 saturated heterocycles. The molecule has 0 aliphatic rings. The van der Waals surface area contributed by atoms with Crippen LogP contribution in [0.4, 0.5) is 10.5 Å². The third kappa shape index (κ3) is 6.67. The molecule has 2 aromatic carbocycles. The van der Waals surface area contributed by atoms with Gasteiger partial charge in [-0.1, -0.05) is 29.8 Å². The van der Waals surface area contributed by atoms with Crippen molar-refractivity contribution in [2.45, 2.75) is 50.8 Å². The summed E-state index contributed by atoms with van der Waals surface area (Å²) in [5.74, 6) is -0.899. The van der Waals surface area contributed by atoms with Crippen molar-refractivity contribution in [2.24, 2.45) is 0 Å². The Morgan fingerprint density at radius 2 is 1.72 bits per heavy atom. The minimum Gasteiger partial charge on any atom is -0.444 e. The van der Waals surface area contributed by atoms with E-state index in [1.165, 1.54) is 36.7 Å². The first-order valence-electron chi connectivity index (χ1n) is 9.64. The third-order valence-corrected chi connectivity index (χ3v) is 6.61. The van der Waals surface area contributed by atoms with Crippen LogP contribution in [0.2, 0.25) is 5.02 Å². The second kappa shape index (κ2) is 10.3. The highest BCUT2D eigenvalue weighted by atomic mass is 35.5. The number of anilines is 1. The van der Waals surface area contributed by atoms with E-state index in [-0.39, 0.29) is 11.4 Å². The van der Waals surface area contributed by atoms with Crippen molar-refractivity contribution in [1.29, 1.82) is 0 Å². The van der Waals surface area contributed by atoms with Crippen LogP contribution in [0.1, 0.15) is 33.3 Å². The van der Waals surface area contributed by atoms with E-state index in [2.05, 4.69) is 5.32 Å². The number of hydroxylamine groups is 1. The first-order chi connectivity index (χ1) is 14.8. The molecule has 2 amide bonds. The number of carbonyl (C=O) groups is 2. The standard InChI is InChI=1S/C21H26ClN3O6S/c1-14(19(26)24-28)25(13-15-7-5-6-8-18(15)22)32(29,30)17-11-9-16(10-12-17)23-20(27)31-21(2,3)4/h5-12,14,28H,13H2,1-4H3,(H,23,27)(H,24,26). The lowest BCUT2D eigenvalue weighted by molar-refractivity contribution is -0.132. The van der Waals surface area contributed by atoms with Crippen molar-refractivity contribution in [2.75, 3.05) is 5.32 Å². The van der Waals surface area contributed by atoms with E-state index >= 15 is 0 Å². The summed E-state index contributed by atoms with van der Waals surface area (Å²) in [6, 6.07) is 10.8. The number of sulfonamides is 1. The molecule has 0 aliphatic carbocycles. The van der Waals surface area contributed by atoms with Crippen LogP contribution in [0.25, 0.3) is 0 Å². The highest BCUT2D eigenvalue weighted by Crippen LogP contribution is 2.25. The molecule has 2 rings (SSSR count). The van der Waals surface area contributed by atoms with Crippen molar-refractivity contribution in [3.63, 3.8) is 0 Å². The SMILES string of the molecule is CC(C(=O)NO)N(Cc1ccccc1Cl)S(=O)(=O)c1ccc(NC(=O)OC(C)(C)C)cc1. The molecule has 0 radical (unpaired) electrons. The van der Waals surface area contributed by atoms with Crippen molar-refractivity contribution < 1.29 is 28.0 Å². The molecule has 0 bridgehead atoms. The van der Waals surface area contributed by atoms with Crippen LogP contribution < -0.4 is 10.8 Å². The molecule has 0 aliphatic heterocycles. The molecule has 32 heavy (non-hydrogen) atoms. The van der Waals surface area contributed by atoms with E-state index in [0.717, 1.165) is 4.31 Å². The van der Waals surface area contributed by atoms with E-state index in [4.69, 9.17) is 21.5 Å². The lowest BCUT2D eigenvalue weighted by atomic mass is 10.2. The minimum absolute atomic E-state index is 0.114. The maximum absolute atomic E-state index is 13.3. The summed E-state index contributed by atoms with van der Waals surface area (Å²) >= 11 is 6.17. The van der Waals surface area contributed by atoms with Gasteiger partial charge >= 0.3 is 6.09 Å². The van der Waals surface area contributed by atoms with Gasteiger partial charge in [0.25, 0.3) is 5.91 Å². The molecule has 0 fully saturated rings. The molecular formula is C21H26ClN3O6S. The highest BCUT2D eigenvalue weighted by Gasteiger charge is 2.33. The van der Waals surface area contributed by atoms with Crippen LogP contribution in [0.15, 0.2) is 53.4 Å². The Bertz CT molecular complexity index is 1070. The Kier molecular flexibility index (Phi) is 8.24. The van der Waals surface area contributed by atoms with Crippen LogP contribution in [0, 0.1) is 0 Å². The molecule has 174 valence electrons. The maximum Gasteiger partial charge on any atom is 0.412 e. The van der Waals surface area contributed by atoms with Gasteiger partial charge in [-0.15, -0.1) is 0 Å². The Labute approximate surface area is 192 Å². The van der Waals surface area contributed by atoms with Gasteiger partial charge in [-0.05, 0) is 63.6 Å². The smallest absolute Gasteiger partial charge is 0.412 e. The second-order valence-electron chi connectivity index (χ2n) is 7.94. The Morgan fingerprint density at radius 1 is 1.12 bits per heavy atom. The topological polar surface area (TPSA) is 125 Å². The summed E-state index contributed by atoms with van der Waals surface area (Å²) in [6.45, 7) is 6.31. The van der Waals surface area contributed by atoms with E-state index in [1.807, 2.05) is 0 Å². The zero-order valence-corrected chi connectivity index (χ0v) is 19.7. The molecule has 11 heteroatoms. The van der Waals surface area contributed by atoms with Crippen LogP contribution in [0.5, 0.6) is 0 Å². The summed E-state index contributed by atoms with van der Waals surface area (Å²) in [6.07, 6.45) is -0.679. The molecule has 1 atom stereocenters. The molecular weight excluding hydrogens is 458 g/mol. The predicted octanol–water partition coefficient (Wildman–Crippen LogP) is 3.77. The first kappa shape index (κ1) is 25.6. The molecule has 0 heterocycles. The second-order valence-corrected chi connectivity index (χ2v) is 10.2. The van der Waals surface area contributed by atoms with Gasteiger partial charge in [-0.3, -0.25) is 15.3 Å². The molecule has 1 unspecified atom stereocenters. The number of rotatable bonds is 7. The van der Waals surface area contributed by atoms with E-state index < -0.39 is 33.7 Å². The molecule has 0 saturated carbocycles. The first-order valence-corrected chi connectivity index (χ1v) is 11.5. The van der Waals surface area contributed by atoms with Gasteiger partial charge < -0.3 is 4.74 Å². The van der Waals surface area contributed by atoms with Gasteiger partial charge in [0.15, 0.2) is 0 Å². The van der Waals surface area contributed by atoms with Crippen molar-refractivity contribution in [3.8, 4) is 0 Å². The largest absolute Gasteiger partial charge is 0.444 e. The van der Waals surface area contributed by atoms with Crippen molar-refractivity contribution >= 4 is 39.3 Å². The number of amides is 2. The zero-order valence-electron chi connectivity index (χ0n) is 18.1.